The lowest BCUT2D eigenvalue weighted by Gasteiger charge is -2.06. The third-order valence-corrected chi connectivity index (χ3v) is 4.40. The molecule has 0 heterocycles. The lowest BCUT2D eigenvalue weighted by molar-refractivity contribution is 0.104. The molecule has 3 rings (SSSR count). The van der Waals surface area contributed by atoms with Crippen molar-refractivity contribution in [2.24, 2.45) is 0 Å². The van der Waals surface area contributed by atoms with Crippen molar-refractivity contribution < 1.29 is 9.53 Å². The van der Waals surface area contributed by atoms with Gasteiger partial charge in [-0.2, -0.15) is 0 Å². The highest BCUT2D eigenvalue weighted by Gasteiger charge is 2.05. The van der Waals surface area contributed by atoms with E-state index in [9.17, 15) is 4.79 Å². The van der Waals surface area contributed by atoms with Crippen molar-refractivity contribution in [2.75, 3.05) is 0 Å². The second-order valence-electron chi connectivity index (χ2n) is 5.95. The number of allylic oxidation sites excluding steroid dienone is 4. The standard InChI is InChI=1S/C24H19BrO2/c1-18(25)23(19-8-4-2-5-9-19)16-17-24(26)20-12-14-22(15-13-20)27-21-10-6-3-7-11-21/h2-17H,1H3/b17-16+,23-18+. The summed E-state index contributed by atoms with van der Waals surface area (Å²) >= 11 is 3.53. The number of carbonyl (C=O) groups excluding carboxylic acids is 1. The molecule has 0 atom stereocenters. The number of ether oxygens (including phenoxy) is 1. The zero-order valence-corrected chi connectivity index (χ0v) is 16.5. The summed E-state index contributed by atoms with van der Waals surface area (Å²) < 4.78 is 6.73. The van der Waals surface area contributed by atoms with Crippen LogP contribution in [0, 0.1) is 0 Å². The van der Waals surface area contributed by atoms with E-state index in [0.29, 0.717) is 11.3 Å². The fourth-order valence-corrected chi connectivity index (χ4v) is 2.96. The Kier molecular flexibility index (Phi) is 6.39. The minimum Gasteiger partial charge on any atom is -0.457 e. The molecule has 0 aromatic heterocycles. The average molecular weight is 419 g/mol. The summed E-state index contributed by atoms with van der Waals surface area (Å²) in [7, 11) is 0. The Labute approximate surface area is 167 Å². The van der Waals surface area contributed by atoms with E-state index in [1.165, 1.54) is 0 Å². The molecule has 27 heavy (non-hydrogen) atoms. The van der Waals surface area contributed by atoms with Gasteiger partial charge in [0.2, 0.25) is 0 Å². The molecule has 0 amide bonds. The van der Waals surface area contributed by atoms with Gasteiger partial charge in [-0.25, -0.2) is 0 Å². The maximum atomic E-state index is 12.5. The van der Waals surface area contributed by atoms with Crippen molar-refractivity contribution in [1.82, 2.24) is 0 Å². The molecule has 3 aromatic carbocycles. The minimum atomic E-state index is -0.0524. The van der Waals surface area contributed by atoms with E-state index in [1.807, 2.05) is 73.7 Å². The molecular weight excluding hydrogens is 400 g/mol. The largest absolute Gasteiger partial charge is 0.457 e. The van der Waals surface area contributed by atoms with Crippen LogP contribution < -0.4 is 4.74 Å². The average Bonchev–Trinajstić information content (AvgIpc) is 2.70. The Bertz CT molecular complexity index is 952. The van der Waals surface area contributed by atoms with E-state index in [-0.39, 0.29) is 5.78 Å². The van der Waals surface area contributed by atoms with Crippen LogP contribution in [-0.4, -0.2) is 5.78 Å². The molecule has 0 aliphatic carbocycles. The number of hydrogen-bond donors (Lipinski definition) is 0. The molecule has 3 heteroatoms. The van der Waals surface area contributed by atoms with Gasteiger partial charge >= 0.3 is 0 Å². The summed E-state index contributed by atoms with van der Waals surface area (Å²) in [5, 5.41) is 0. The van der Waals surface area contributed by atoms with Crippen LogP contribution in [0.1, 0.15) is 22.8 Å². The quantitative estimate of drug-likeness (QED) is 0.243. The van der Waals surface area contributed by atoms with Crippen molar-refractivity contribution in [1.29, 1.82) is 0 Å². The summed E-state index contributed by atoms with van der Waals surface area (Å²) in [6.07, 6.45) is 3.44. The zero-order valence-electron chi connectivity index (χ0n) is 14.9. The van der Waals surface area contributed by atoms with Crippen LogP contribution >= 0.6 is 15.9 Å². The molecule has 134 valence electrons. The number of para-hydroxylation sites is 1. The molecule has 0 fully saturated rings. The number of carbonyl (C=O) groups is 1. The lowest BCUT2D eigenvalue weighted by atomic mass is 10.0. The van der Waals surface area contributed by atoms with Crippen molar-refractivity contribution in [3.8, 4) is 11.5 Å². The van der Waals surface area contributed by atoms with Crippen LogP contribution in [0.5, 0.6) is 11.5 Å². The molecule has 0 unspecified atom stereocenters. The normalized spacial score (nSPS) is 11.9. The zero-order chi connectivity index (χ0) is 19.1. The Hall–Kier alpha value is -2.91. The fraction of sp³-hybridized carbons (Fsp3) is 0.0417. The van der Waals surface area contributed by atoms with Gasteiger partial charge in [0, 0.05) is 5.56 Å². The fourth-order valence-electron chi connectivity index (χ4n) is 2.59. The number of ketones is 1. The summed E-state index contributed by atoms with van der Waals surface area (Å²) in [4.78, 5) is 12.5. The van der Waals surface area contributed by atoms with Gasteiger partial charge in [-0.1, -0.05) is 64.5 Å². The lowest BCUT2D eigenvalue weighted by Crippen LogP contribution is -1.95. The molecular formula is C24H19BrO2. The van der Waals surface area contributed by atoms with Gasteiger partial charge in [-0.05, 0) is 71.1 Å². The monoisotopic (exact) mass is 418 g/mol. The Morgan fingerprint density at radius 3 is 1.89 bits per heavy atom. The van der Waals surface area contributed by atoms with E-state index < -0.39 is 0 Å². The first kappa shape index (κ1) is 18.9. The second-order valence-corrected chi connectivity index (χ2v) is 7.14. The van der Waals surface area contributed by atoms with Gasteiger partial charge < -0.3 is 4.74 Å². The van der Waals surface area contributed by atoms with Crippen molar-refractivity contribution in [2.45, 2.75) is 6.92 Å². The van der Waals surface area contributed by atoms with Crippen LogP contribution in [0.4, 0.5) is 0 Å². The van der Waals surface area contributed by atoms with Crippen LogP contribution in [-0.2, 0) is 0 Å². The van der Waals surface area contributed by atoms with Crippen molar-refractivity contribution in [3.63, 3.8) is 0 Å². The summed E-state index contributed by atoms with van der Waals surface area (Å²) in [6, 6.07) is 26.7. The Morgan fingerprint density at radius 1 is 0.741 bits per heavy atom. The maximum Gasteiger partial charge on any atom is 0.185 e. The third kappa shape index (κ3) is 5.28. The summed E-state index contributed by atoms with van der Waals surface area (Å²) in [5.74, 6) is 1.41. The van der Waals surface area contributed by atoms with E-state index in [2.05, 4.69) is 15.9 Å². The molecule has 0 aliphatic heterocycles. The van der Waals surface area contributed by atoms with Gasteiger partial charge in [0.05, 0.1) is 0 Å². The van der Waals surface area contributed by atoms with E-state index >= 15 is 0 Å². The highest BCUT2D eigenvalue weighted by atomic mass is 79.9. The first-order chi connectivity index (χ1) is 13.1. The molecule has 2 nitrogen and oxygen atoms in total. The summed E-state index contributed by atoms with van der Waals surface area (Å²) in [5.41, 5.74) is 2.65. The molecule has 0 spiro atoms. The van der Waals surface area contributed by atoms with Gasteiger partial charge in [0.25, 0.3) is 0 Å². The smallest absolute Gasteiger partial charge is 0.185 e. The number of benzene rings is 3. The Balaban J connectivity index is 1.72. The predicted molar refractivity (Wildman–Crippen MR) is 114 cm³/mol. The van der Waals surface area contributed by atoms with Gasteiger partial charge in [-0.3, -0.25) is 4.79 Å². The highest BCUT2D eigenvalue weighted by Crippen LogP contribution is 2.24. The van der Waals surface area contributed by atoms with Crippen molar-refractivity contribution in [3.05, 3.63) is 113 Å². The molecule has 0 N–H and O–H groups in total. The molecule has 0 saturated carbocycles. The predicted octanol–water partition coefficient (Wildman–Crippen LogP) is 7.04. The summed E-state index contributed by atoms with van der Waals surface area (Å²) in [6.45, 7) is 1.97. The molecule has 0 radical (unpaired) electrons. The van der Waals surface area contributed by atoms with E-state index in [4.69, 9.17) is 4.74 Å². The van der Waals surface area contributed by atoms with Gasteiger partial charge in [-0.15, -0.1) is 0 Å². The molecule has 3 aromatic rings. The topological polar surface area (TPSA) is 26.3 Å². The molecule has 0 bridgehead atoms. The Morgan fingerprint density at radius 2 is 1.30 bits per heavy atom. The third-order valence-electron chi connectivity index (χ3n) is 3.98. The van der Waals surface area contributed by atoms with Gasteiger partial charge in [0.15, 0.2) is 5.78 Å². The number of rotatable bonds is 6. The number of hydrogen-bond acceptors (Lipinski definition) is 2. The molecule has 0 saturated heterocycles. The first-order valence-electron chi connectivity index (χ1n) is 8.60. The SMILES string of the molecule is C/C(Br)=C(/C=C/C(=O)c1ccc(Oc2ccccc2)cc1)c1ccccc1. The number of halogens is 1. The second kappa shape index (κ2) is 9.15. The van der Waals surface area contributed by atoms with Gasteiger partial charge in [0.1, 0.15) is 11.5 Å². The van der Waals surface area contributed by atoms with E-state index in [1.54, 1.807) is 30.3 Å². The first-order valence-corrected chi connectivity index (χ1v) is 9.40. The molecule has 0 aliphatic rings. The van der Waals surface area contributed by atoms with Crippen LogP contribution in [0.25, 0.3) is 5.57 Å². The maximum absolute atomic E-state index is 12.5. The highest BCUT2D eigenvalue weighted by molar-refractivity contribution is 9.11. The van der Waals surface area contributed by atoms with Crippen LogP contribution in [0.15, 0.2) is 102 Å². The van der Waals surface area contributed by atoms with Crippen LogP contribution in [0.3, 0.4) is 0 Å². The van der Waals surface area contributed by atoms with Crippen LogP contribution in [0.2, 0.25) is 0 Å². The minimum absolute atomic E-state index is 0.0524. The van der Waals surface area contributed by atoms with Crippen molar-refractivity contribution >= 4 is 27.3 Å². The van der Waals surface area contributed by atoms with E-state index in [0.717, 1.165) is 21.4 Å².